The Morgan fingerprint density at radius 3 is 2.39 bits per heavy atom. The summed E-state index contributed by atoms with van der Waals surface area (Å²) in [6.45, 7) is 7.91. The zero-order chi connectivity index (χ0) is 20.5. The smallest absolute Gasteiger partial charge is 0.264 e. The van der Waals surface area contributed by atoms with E-state index in [1.807, 2.05) is 20.8 Å². The molecule has 0 aliphatic carbocycles. The average Bonchev–Trinajstić information content (AvgIpc) is 3.22. The summed E-state index contributed by atoms with van der Waals surface area (Å²) in [5.41, 5.74) is 2.18. The van der Waals surface area contributed by atoms with E-state index in [2.05, 4.69) is 14.9 Å². The third-order valence-corrected chi connectivity index (χ3v) is 6.15. The Morgan fingerprint density at radius 1 is 1.14 bits per heavy atom. The molecule has 3 rings (SSSR count). The van der Waals surface area contributed by atoms with Crippen molar-refractivity contribution in [3.63, 3.8) is 0 Å². The van der Waals surface area contributed by atoms with Gasteiger partial charge < -0.3 is 13.8 Å². The van der Waals surface area contributed by atoms with Gasteiger partial charge in [0.1, 0.15) is 10.6 Å². The summed E-state index contributed by atoms with van der Waals surface area (Å²) < 4.78 is 41.6. The molecule has 0 aliphatic heterocycles. The van der Waals surface area contributed by atoms with Crippen LogP contribution in [0, 0.1) is 13.8 Å². The molecular weight excluding hydrogens is 380 g/mol. The number of aryl methyl sites for hydroxylation is 1. The highest BCUT2D eigenvalue weighted by molar-refractivity contribution is 7.93. The van der Waals surface area contributed by atoms with E-state index in [1.165, 1.54) is 0 Å². The first kappa shape index (κ1) is 19.9. The van der Waals surface area contributed by atoms with Gasteiger partial charge in [-0.25, -0.2) is 8.42 Å². The number of anilines is 1. The minimum Gasteiger partial charge on any atom is -0.494 e. The Morgan fingerprint density at radius 2 is 1.82 bits per heavy atom. The van der Waals surface area contributed by atoms with Crippen molar-refractivity contribution in [2.75, 3.05) is 11.3 Å². The molecule has 1 aromatic carbocycles. The number of hydrogen-bond acceptors (Lipinski definition) is 6. The lowest BCUT2D eigenvalue weighted by Crippen LogP contribution is -2.15. The largest absolute Gasteiger partial charge is 0.494 e. The fourth-order valence-electron chi connectivity index (χ4n) is 2.99. The van der Waals surface area contributed by atoms with Gasteiger partial charge in [-0.2, -0.15) is 4.98 Å². The van der Waals surface area contributed by atoms with E-state index in [-0.39, 0.29) is 10.8 Å². The van der Waals surface area contributed by atoms with Gasteiger partial charge in [0.25, 0.3) is 15.9 Å². The number of hydrogen-bond donors (Lipinski definition) is 1. The molecule has 2 heterocycles. The third-order valence-electron chi connectivity index (χ3n) is 4.61. The molecule has 0 bridgehead atoms. The van der Waals surface area contributed by atoms with E-state index in [4.69, 9.17) is 9.26 Å². The monoisotopic (exact) mass is 404 g/mol. The summed E-state index contributed by atoms with van der Waals surface area (Å²) in [5.74, 6) is 1.40. The van der Waals surface area contributed by atoms with Crippen molar-refractivity contribution in [2.24, 2.45) is 7.05 Å². The minimum atomic E-state index is -3.89. The van der Waals surface area contributed by atoms with Crippen molar-refractivity contribution < 1.29 is 17.7 Å². The van der Waals surface area contributed by atoms with E-state index in [1.54, 1.807) is 42.8 Å². The Bertz CT molecular complexity index is 1080. The molecule has 150 valence electrons. The van der Waals surface area contributed by atoms with Gasteiger partial charge in [0, 0.05) is 30.5 Å². The molecule has 8 nitrogen and oxygen atoms in total. The van der Waals surface area contributed by atoms with Crippen molar-refractivity contribution in [1.29, 1.82) is 0 Å². The topological polar surface area (TPSA) is 99.2 Å². The Balaban J connectivity index is 2.05. The van der Waals surface area contributed by atoms with Crippen LogP contribution < -0.4 is 9.46 Å². The average molecular weight is 404 g/mol. The van der Waals surface area contributed by atoms with Crippen LogP contribution in [-0.2, 0) is 23.5 Å². The molecule has 9 heteroatoms. The Kier molecular flexibility index (Phi) is 5.46. The molecule has 28 heavy (non-hydrogen) atoms. The highest BCUT2D eigenvalue weighted by atomic mass is 32.2. The number of aromatic nitrogens is 3. The van der Waals surface area contributed by atoms with Crippen LogP contribution in [0.3, 0.4) is 0 Å². The lowest BCUT2D eigenvalue weighted by molar-refractivity contribution is 0.340. The standard InChI is InChI=1S/C19H24N4O4S/c1-6-16-20-19(27-21-16)17-12(3)23(5)13(4)18(17)28(24,25)22-14-8-10-15(11-9-14)26-7-2/h8-11,22H,6-7H2,1-5H3. The van der Waals surface area contributed by atoms with Crippen LogP contribution in [0.25, 0.3) is 11.5 Å². The fourth-order valence-corrected chi connectivity index (χ4v) is 4.57. The molecule has 3 aromatic rings. The number of nitrogens with one attached hydrogen (secondary N) is 1. The van der Waals surface area contributed by atoms with Gasteiger partial charge in [-0.3, -0.25) is 4.72 Å². The lowest BCUT2D eigenvalue weighted by atomic mass is 10.2. The van der Waals surface area contributed by atoms with Crippen LogP contribution in [0.15, 0.2) is 33.7 Å². The van der Waals surface area contributed by atoms with E-state index in [9.17, 15) is 8.42 Å². The van der Waals surface area contributed by atoms with Crippen LogP contribution in [0.5, 0.6) is 5.75 Å². The van der Waals surface area contributed by atoms with Crippen LogP contribution in [0.4, 0.5) is 5.69 Å². The summed E-state index contributed by atoms with van der Waals surface area (Å²) in [6.07, 6.45) is 0.598. The highest BCUT2D eigenvalue weighted by Gasteiger charge is 2.30. The molecule has 0 saturated heterocycles. The van der Waals surface area contributed by atoms with Gasteiger partial charge in [-0.05, 0) is 45.0 Å². The van der Waals surface area contributed by atoms with Gasteiger partial charge >= 0.3 is 0 Å². The number of nitrogens with zero attached hydrogens (tertiary/aromatic N) is 3. The second-order valence-corrected chi connectivity index (χ2v) is 7.99. The molecule has 1 N–H and O–H groups in total. The molecule has 0 atom stereocenters. The highest BCUT2D eigenvalue weighted by Crippen LogP contribution is 2.35. The molecule has 0 spiro atoms. The van der Waals surface area contributed by atoms with E-state index < -0.39 is 10.0 Å². The SMILES string of the molecule is CCOc1ccc(NS(=O)(=O)c2c(-c3nc(CC)no3)c(C)n(C)c2C)cc1. The summed E-state index contributed by atoms with van der Waals surface area (Å²) in [6, 6.07) is 6.76. The fraction of sp³-hybridized carbons (Fsp3) is 0.368. The predicted octanol–water partition coefficient (Wildman–Crippen LogP) is 3.45. The van der Waals surface area contributed by atoms with Gasteiger partial charge in [-0.1, -0.05) is 12.1 Å². The maximum atomic E-state index is 13.2. The molecule has 0 saturated carbocycles. The summed E-state index contributed by atoms with van der Waals surface area (Å²) >= 11 is 0. The first-order chi connectivity index (χ1) is 13.3. The van der Waals surface area contributed by atoms with Crippen molar-refractivity contribution in [3.8, 4) is 17.2 Å². The van der Waals surface area contributed by atoms with Crippen LogP contribution >= 0.6 is 0 Å². The molecule has 0 aliphatic rings. The quantitative estimate of drug-likeness (QED) is 0.647. The van der Waals surface area contributed by atoms with Crippen molar-refractivity contribution in [2.45, 2.75) is 39.0 Å². The lowest BCUT2D eigenvalue weighted by Gasteiger charge is -2.10. The maximum absolute atomic E-state index is 13.2. The number of rotatable bonds is 7. The summed E-state index contributed by atoms with van der Waals surface area (Å²) in [5, 5.41) is 3.90. The Labute approximate surface area is 164 Å². The van der Waals surface area contributed by atoms with E-state index >= 15 is 0 Å². The molecule has 2 aromatic heterocycles. The van der Waals surface area contributed by atoms with Gasteiger partial charge in [-0.15, -0.1) is 0 Å². The maximum Gasteiger partial charge on any atom is 0.264 e. The summed E-state index contributed by atoms with van der Waals surface area (Å²) in [4.78, 5) is 4.46. The molecule has 0 fully saturated rings. The number of benzene rings is 1. The zero-order valence-corrected chi connectivity index (χ0v) is 17.4. The minimum absolute atomic E-state index is 0.132. The predicted molar refractivity (Wildman–Crippen MR) is 106 cm³/mol. The number of ether oxygens (including phenoxy) is 1. The second kappa shape index (κ2) is 7.67. The molecule has 0 radical (unpaired) electrons. The van der Waals surface area contributed by atoms with Gasteiger partial charge in [0.2, 0.25) is 0 Å². The van der Waals surface area contributed by atoms with Crippen molar-refractivity contribution >= 4 is 15.7 Å². The first-order valence-electron chi connectivity index (χ1n) is 9.03. The first-order valence-corrected chi connectivity index (χ1v) is 10.5. The molecule has 0 unspecified atom stereocenters. The number of sulfonamides is 1. The van der Waals surface area contributed by atoms with Crippen LogP contribution in [-0.4, -0.2) is 29.7 Å². The van der Waals surface area contributed by atoms with Crippen LogP contribution in [0.2, 0.25) is 0 Å². The zero-order valence-electron chi connectivity index (χ0n) is 16.6. The van der Waals surface area contributed by atoms with Crippen molar-refractivity contribution in [3.05, 3.63) is 41.5 Å². The summed E-state index contributed by atoms with van der Waals surface area (Å²) in [7, 11) is -2.08. The third kappa shape index (κ3) is 3.62. The van der Waals surface area contributed by atoms with E-state index in [0.717, 1.165) is 5.69 Å². The van der Waals surface area contributed by atoms with E-state index in [0.29, 0.717) is 41.5 Å². The normalized spacial score (nSPS) is 11.6. The molecular formula is C19H24N4O4S. The van der Waals surface area contributed by atoms with Gasteiger partial charge in [0.15, 0.2) is 5.82 Å². The van der Waals surface area contributed by atoms with Gasteiger partial charge in [0.05, 0.1) is 12.2 Å². The Hall–Kier alpha value is -2.81. The van der Waals surface area contributed by atoms with Crippen LogP contribution in [0.1, 0.15) is 31.1 Å². The van der Waals surface area contributed by atoms with Crippen molar-refractivity contribution in [1.82, 2.24) is 14.7 Å². The second-order valence-electron chi connectivity index (χ2n) is 6.37. The molecule has 0 amide bonds.